The van der Waals surface area contributed by atoms with Gasteiger partial charge in [-0.1, -0.05) is 48.5 Å². The number of rotatable bonds is 1. The maximum absolute atomic E-state index is 12.1. The van der Waals surface area contributed by atoms with Crippen LogP contribution in [0.15, 0.2) is 65.7 Å². The number of para-hydroxylation sites is 1. The summed E-state index contributed by atoms with van der Waals surface area (Å²) in [4.78, 5) is 16.6. The smallest absolute Gasteiger partial charge is 0.157 e. The van der Waals surface area contributed by atoms with Crippen LogP contribution in [0.1, 0.15) is 17.5 Å². The van der Waals surface area contributed by atoms with Crippen LogP contribution >= 0.6 is 0 Å². The van der Waals surface area contributed by atoms with Gasteiger partial charge < -0.3 is 0 Å². The average molecular weight is 259 g/mol. The Morgan fingerprint density at radius 3 is 2.55 bits per heavy atom. The highest BCUT2D eigenvalue weighted by atomic mass is 16.1. The van der Waals surface area contributed by atoms with Gasteiger partial charge in [0.15, 0.2) is 5.78 Å². The van der Waals surface area contributed by atoms with E-state index in [0.29, 0.717) is 6.42 Å². The molecule has 0 bridgehead atoms. The highest BCUT2D eigenvalue weighted by molar-refractivity contribution is 6.15. The zero-order valence-corrected chi connectivity index (χ0v) is 10.9. The molecule has 0 radical (unpaired) electrons. The van der Waals surface area contributed by atoms with Crippen LogP contribution in [0.5, 0.6) is 0 Å². The van der Waals surface area contributed by atoms with Crippen molar-refractivity contribution in [1.82, 2.24) is 0 Å². The van der Waals surface area contributed by atoms with Crippen molar-refractivity contribution in [3.05, 3.63) is 71.8 Å². The molecule has 0 saturated heterocycles. The molecule has 0 saturated carbocycles. The van der Waals surface area contributed by atoms with Crippen LogP contribution in [0.25, 0.3) is 5.57 Å². The zero-order chi connectivity index (χ0) is 13.6. The van der Waals surface area contributed by atoms with Gasteiger partial charge in [-0.3, -0.25) is 9.79 Å². The number of aliphatic imine (C=N–C) groups is 1. The van der Waals surface area contributed by atoms with E-state index < -0.39 is 0 Å². The molecule has 2 aliphatic rings. The Morgan fingerprint density at radius 1 is 0.950 bits per heavy atom. The molecule has 2 aromatic rings. The molecule has 0 aromatic heterocycles. The SMILES string of the molecule is O=C1C=C(c2ccccc2)C2(C=Nc3ccccc32)C1. The summed E-state index contributed by atoms with van der Waals surface area (Å²) in [6.07, 6.45) is 4.21. The summed E-state index contributed by atoms with van der Waals surface area (Å²) in [5, 5.41) is 0. The van der Waals surface area contributed by atoms with E-state index >= 15 is 0 Å². The van der Waals surface area contributed by atoms with Gasteiger partial charge >= 0.3 is 0 Å². The first-order valence-corrected chi connectivity index (χ1v) is 6.75. The fourth-order valence-corrected chi connectivity index (χ4v) is 3.24. The van der Waals surface area contributed by atoms with E-state index in [1.165, 1.54) is 0 Å². The first kappa shape index (κ1) is 11.4. The molecular formula is C18H13NO. The molecule has 1 atom stereocenters. The van der Waals surface area contributed by atoms with E-state index in [1.54, 1.807) is 6.08 Å². The van der Waals surface area contributed by atoms with Crippen LogP contribution in [0.3, 0.4) is 0 Å². The predicted octanol–water partition coefficient (Wildman–Crippen LogP) is 3.70. The largest absolute Gasteiger partial charge is 0.295 e. The number of carbonyl (C=O) groups is 1. The van der Waals surface area contributed by atoms with Gasteiger partial charge in [-0.05, 0) is 28.8 Å². The minimum Gasteiger partial charge on any atom is -0.295 e. The van der Waals surface area contributed by atoms with Gasteiger partial charge in [-0.25, -0.2) is 0 Å². The fraction of sp³-hybridized carbons (Fsp3) is 0.111. The molecule has 4 rings (SSSR count). The lowest BCUT2D eigenvalue weighted by Crippen LogP contribution is -2.25. The van der Waals surface area contributed by atoms with E-state index in [2.05, 4.69) is 23.2 Å². The third kappa shape index (κ3) is 1.45. The van der Waals surface area contributed by atoms with Gasteiger partial charge in [0, 0.05) is 12.6 Å². The number of allylic oxidation sites excluding steroid dienone is 2. The predicted molar refractivity (Wildman–Crippen MR) is 80.3 cm³/mol. The normalized spacial score (nSPS) is 23.2. The van der Waals surface area contributed by atoms with Crippen LogP contribution < -0.4 is 0 Å². The molecule has 20 heavy (non-hydrogen) atoms. The van der Waals surface area contributed by atoms with E-state index in [4.69, 9.17) is 0 Å². The average Bonchev–Trinajstić information content (AvgIpc) is 3.03. The van der Waals surface area contributed by atoms with Crippen LogP contribution in [0.2, 0.25) is 0 Å². The van der Waals surface area contributed by atoms with Crippen LogP contribution in [-0.2, 0) is 10.2 Å². The molecule has 1 aliphatic carbocycles. The first-order valence-electron chi connectivity index (χ1n) is 6.75. The Kier molecular flexibility index (Phi) is 2.27. The molecule has 0 fully saturated rings. The Balaban J connectivity index is 1.94. The Hall–Kier alpha value is -2.48. The minimum atomic E-state index is -0.366. The highest BCUT2D eigenvalue weighted by Crippen LogP contribution is 2.50. The third-order valence-electron chi connectivity index (χ3n) is 4.13. The number of hydrogen-bond donors (Lipinski definition) is 0. The van der Waals surface area contributed by atoms with Crippen molar-refractivity contribution < 1.29 is 4.79 Å². The van der Waals surface area contributed by atoms with Gasteiger partial charge in [-0.15, -0.1) is 0 Å². The lowest BCUT2D eigenvalue weighted by atomic mass is 9.74. The van der Waals surface area contributed by atoms with E-state index in [1.807, 2.05) is 42.6 Å². The standard InChI is InChI=1S/C18H13NO/c20-14-10-16(13-6-2-1-3-7-13)18(11-14)12-19-17-9-5-4-8-15(17)18/h1-10,12H,11H2. The quantitative estimate of drug-likeness (QED) is 0.767. The van der Waals surface area contributed by atoms with E-state index in [9.17, 15) is 4.79 Å². The molecule has 96 valence electrons. The number of benzene rings is 2. The number of hydrogen-bond acceptors (Lipinski definition) is 2. The van der Waals surface area contributed by atoms with Crippen molar-refractivity contribution in [1.29, 1.82) is 0 Å². The highest BCUT2D eigenvalue weighted by Gasteiger charge is 2.45. The monoisotopic (exact) mass is 259 g/mol. The van der Waals surface area contributed by atoms with E-state index in [-0.39, 0.29) is 11.2 Å². The van der Waals surface area contributed by atoms with E-state index in [0.717, 1.165) is 22.4 Å². The lowest BCUT2D eigenvalue weighted by Gasteiger charge is -2.25. The minimum absolute atomic E-state index is 0.173. The summed E-state index contributed by atoms with van der Waals surface area (Å²) in [5.41, 5.74) is 3.91. The fourth-order valence-electron chi connectivity index (χ4n) is 3.24. The number of carbonyl (C=O) groups excluding carboxylic acids is 1. The third-order valence-corrected chi connectivity index (χ3v) is 4.13. The first-order chi connectivity index (χ1) is 9.79. The van der Waals surface area contributed by atoms with Crippen molar-refractivity contribution in [2.24, 2.45) is 4.99 Å². The molecular weight excluding hydrogens is 246 g/mol. The second kappa shape index (κ2) is 4.01. The zero-order valence-electron chi connectivity index (χ0n) is 10.9. The molecule has 1 heterocycles. The molecule has 1 aliphatic heterocycles. The lowest BCUT2D eigenvalue weighted by molar-refractivity contribution is -0.114. The molecule has 2 aromatic carbocycles. The molecule has 1 spiro atoms. The second-order valence-electron chi connectivity index (χ2n) is 5.31. The number of nitrogens with zero attached hydrogens (tertiary/aromatic N) is 1. The summed E-state index contributed by atoms with van der Waals surface area (Å²) in [6, 6.07) is 18.2. The summed E-state index contributed by atoms with van der Waals surface area (Å²) < 4.78 is 0. The molecule has 2 heteroatoms. The summed E-state index contributed by atoms with van der Waals surface area (Å²) in [6.45, 7) is 0. The summed E-state index contributed by atoms with van der Waals surface area (Å²) in [7, 11) is 0. The summed E-state index contributed by atoms with van der Waals surface area (Å²) >= 11 is 0. The van der Waals surface area contributed by atoms with Gasteiger partial charge in [0.25, 0.3) is 0 Å². The topological polar surface area (TPSA) is 29.4 Å². The maximum Gasteiger partial charge on any atom is 0.157 e. The van der Waals surface area contributed by atoms with Crippen molar-refractivity contribution in [2.45, 2.75) is 11.8 Å². The van der Waals surface area contributed by atoms with Gasteiger partial charge in [0.1, 0.15) is 0 Å². The van der Waals surface area contributed by atoms with Crippen molar-refractivity contribution in [3.63, 3.8) is 0 Å². The Labute approximate surface area is 117 Å². The molecule has 2 nitrogen and oxygen atoms in total. The van der Waals surface area contributed by atoms with Gasteiger partial charge in [-0.2, -0.15) is 0 Å². The Bertz CT molecular complexity index is 758. The van der Waals surface area contributed by atoms with Crippen molar-refractivity contribution in [3.8, 4) is 0 Å². The molecule has 0 amide bonds. The number of ketones is 1. The van der Waals surface area contributed by atoms with Crippen LogP contribution in [0.4, 0.5) is 5.69 Å². The van der Waals surface area contributed by atoms with Crippen molar-refractivity contribution >= 4 is 23.3 Å². The van der Waals surface area contributed by atoms with Crippen molar-refractivity contribution in [2.75, 3.05) is 0 Å². The molecule has 1 unspecified atom stereocenters. The summed E-state index contributed by atoms with van der Waals surface area (Å²) in [5.74, 6) is 0.173. The maximum atomic E-state index is 12.1. The van der Waals surface area contributed by atoms with Crippen LogP contribution in [0, 0.1) is 0 Å². The molecule has 0 N–H and O–H groups in total. The van der Waals surface area contributed by atoms with Crippen LogP contribution in [-0.4, -0.2) is 12.0 Å². The Morgan fingerprint density at radius 2 is 1.70 bits per heavy atom. The second-order valence-corrected chi connectivity index (χ2v) is 5.31. The number of fused-ring (bicyclic) bond motifs is 2. The van der Waals surface area contributed by atoms with Gasteiger partial charge in [0.2, 0.25) is 0 Å². The van der Waals surface area contributed by atoms with Gasteiger partial charge in [0.05, 0.1) is 11.1 Å².